The van der Waals surface area contributed by atoms with Crippen molar-refractivity contribution in [1.29, 1.82) is 0 Å². The summed E-state index contributed by atoms with van der Waals surface area (Å²) in [5.74, 6) is 3.36. The quantitative estimate of drug-likeness (QED) is 0.757. The zero-order valence-corrected chi connectivity index (χ0v) is 9.14. The number of rotatable bonds is 4. The standard InChI is InChI=1S/C12H16N2O/c1-4-9-14(5-2)12-11(10(3)15)7-6-8-13-12/h1,6-8,10,15H,5,9H2,2-3H3. The van der Waals surface area contributed by atoms with Gasteiger partial charge in [0.1, 0.15) is 5.82 Å². The van der Waals surface area contributed by atoms with E-state index in [0.717, 1.165) is 17.9 Å². The van der Waals surface area contributed by atoms with Gasteiger partial charge in [0.25, 0.3) is 0 Å². The third-order valence-electron chi connectivity index (χ3n) is 2.23. The Morgan fingerprint density at radius 3 is 2.93 bits per heavy atom. The third kappa shape index (κ3) is 2.71. The van der Waals surface area contributed by atoms with Gasteiger partial charge in [-0.25, -0.2) is 4.98 Å². The molecule has 1 aromatic rings. The number of hydrogen-bond acceptors (Lipinski definition) is 3. The molecule has 0 fully saturated rings. The molecule has 0 radical (unpaired) electrons. The van der Waals surface area contributed by atoms with Crippen LogP contribution in [0.25, 0.3) is 0 Å². The van der Waals surface area contributed by atoms with Crippen molar-refractivity contribution < 1.29 is 5.11 Å². The van der Waals surface area contributed by atoms with Crippen molar-refractivity contribution in [3.8, 4) is 12.3 Å². The van der Waals surface area contributed by atoms with Gasteiger partial charge in [-0.1, -0.05) is 12.0 Å². The molecular weight excluding hydrogens is 188 g/mol. The second kappa shape index (κ2) is 5.38. The number of hydrogen-bond donors (Lipinski definition) is 1. The summed E-state index contributed by atoms with van der Waals surface area (Å²) in [6.45, 7) is 5.02. The summed E-state index contributed by atoms with van der Waals surface area (Å²) in [4.78, 5) is 6.22. The number of anilines is 1. The molecule has 0 aromatic carbocycles. The van der Waals surface area contributed by atoms with Crippen LogP contribution in [0.1, 0.15) is 25.5 Å². The van der Waals surface area contributed by atoms with E-state index in [2.05, 4.69) is 10.9 Å². The molecule has 0 aliphatic rings. The third-order valence-corrected chi connectivity index (χ3v) is 2.23. The summed E-state index contributed by atoms with van der Waals surface area (Å²) in [7, 11) is 0. The Kier molecular flexibility index (Phi) is 4.14. The van der Waals surface area contributed by atoms with E-state index in [0.29, 0.717) is 6.54 Å². The van der Waals surface area contributed by atoms with Crippen LogP contribution in [0.3, 0.4) is 0 Å². The van der Waals surface area contributed by atoms with Crippen molar-refractivity contribution in [3.63, 3.8) is 0 Å². The maximum atomic E-state index is 9.60. The largest absolute Gasteiger partial charge is 0.389 e. The summed E-state index contributed by atoms with van der Waals surface area (Å²) >= 11 is 0. The first-order valence-electron chi connectivity index (χ1n) is 5.02. The molecule has 0 amide bonds. The van der Waals surface area contributed by atoms with Crippen molar-refractivity contribution in [2.45, 2.75) is 20.0 Å². The molecule has 0 bridgehead atoms. The van der Waals surface area contributed by atoms with Crippen LogP contribution < -0.4 is 4.90 Å². The fraction of sp³-hybridized carbons (Fsp3) is 0.417. The highest BCUT2D eigenvalue weighted by Crippen LogP contribution is 2.22. The average Bonchev–Trinajstić information content (AvgIpc) is 2.26. The van der Waals surface area contributed by atoms with Crippen LogP contribution in [0.5, 0.6) is 0 Å². The smallest absolute Gasteiger partial charge is 0.135 e. The second-order valence-corrected chi connectivity index (χ2v) is 3.31. The molecule has 0 saturated carbocycles. The first-order valence-corrected chi connectivity index (χ1v) is 5.02. The zero-order chi connectivity index (χ0) is 11.3. The van der Waals surface area contributed by atoms with Gasteiger partial charge >= 0.3 is 0 Å². The summed E-state index contributed by atoms with van der Waals surface area (Å²) < 4.78 is 0. The highest BCUT2D eigenvalue weighted by molar-refractivity contribution is 5.48. The monoisotopic (exact) mass is 204 g/mol. The average molecular weight is 204 g/mol. The molecule has 1 atom stereocenters. The van der Waals surface area contributed by atoms with E-state index in [1.54, 1.807) is 13.1 Å². The van der Waals surface area contributed by atoms with Crippen LogP contribution in [-0.4, -0.2) is 23.2 Å². The molecule has 1 heterocycles. The van der Waals surface area contributed by atoms with E-state index >= 15 is 0 Å². The Morgan fingerprint density at radius 1 is 1.67 bits per heavy atom. The van der Waals surface area contributed by atoms with E-state index in [1.807, 2.05) is 24.0 Å². The van der Waals surface area contributed by atoms with Gasteiger partial charge in [-0.2, -0.15) is 0 Å². The van der Waals surface area contributed by atoms with Crippen molar-refractivity contribution in [2.24, 2.45) is 0 Å². The number of aliphatic hydroxyl groups excluding tert-OH is 1. The normalized spacial score (nSPS) is 11.9. The number of aliphatic hydroxyl groups is 1. The minimum absolute atomic E-state index is 0.507. The highest BCUT2D eigenvalue weighted by atomic mass is 16.3. The molecule has 1 rings (SSSR count). The Morgan fingerprint density at radius 2 is 2.40 bits per heavy atom. The van der Waals surface area contributed by atoms with Gasteiger partial charge in [0.05, 0.1) is 12.6 Å². The first kappa shape index (κ1) is 11.5. The molecule has 0 aliphatic heterocycles. The lowest BCUT2D eigenvalue weighted by Crippen LogP contribution is -2.25. The van der Waals surface area contributed by atoms with E-state index in [1.165, 1.54) is 0 Å². The number of terminal acetylenes is 1. The van der Waals surface area contributed by atoms with Crippen LogP contribution in [0, 0.1) is 12.3 Å². The molecular formula is C12H16N2O. The SMILES string of the molecule is C#CCN(CC)c1ncccc1C(C)O. The summed E-state index contributed by atoms with van der Waals surface area (Å²) in [5.41, 5.74) is 0.814. The molecule has 3 nitrogen and oxygen atoms in total. The highest BCUT2D eigenvalue weighted by Gasteiger charge is 2.13. The molecule has 0 spiro atoms. The number of nitrogens with zero attached hydrogens (tertiary/aromatic N) is 2. The summed E-state index contributed by atoms with van der Waals surface area (Å²) in [5, 5.41) is 9.60. The fourth-order valence-corrected chi connectivity index (χ4v) is 1.45. The van der Waals surface area contributed by atoms with Crippen LogP contribution in [0.2, 0.25) is 0 Å². The van der Waals surface area contributed by atoms with E-state index in [4.69, 9.17) is 6.42 Å². The molecule has 1 unspecified atom stereocenters. The molecule has 15 heavy (non-hydrogen) atoms. The Bertz CT molecular complexity index is 355. The minimum atomic E-state index is -0.527. The van der Waals surface area contributed by atoms with Crippen LogP contribution in [0.4, 0.5) is 5.82 Å². The van der Waals surface area contributed by atoms with Crippen LogP contribution in [0.15, 0.2) is 18.3 Å². The Balaban J connectivity index is 3.06. The first-order chi connectivity index (χ1) is 7.20. The van der Waals surface area contributed by atoms with Gasteiger partial charge in [0, 0.05) is 18.3 Å². The summed E-state index contributed by atoms with van der Waals surface area (Å²) in [6, 6.07) is 3.68. The van der Waals surface area contributed by atoms with Crippen LogP contribution >= 0.6 is 0 Å². The number of aromatic nitrogens is 1. The Labute approximate surface area is 90.8 Å². The van der Waals surface area contributed by atoms with Crippen molar-refractivity contribution >= 4 is 5.82 Å². The summed E-state index contributed by atoms with van der Waals surface area (Å²) in [6.07, 6.45) is 6.47. The number of pyridine rings is 1. The van der Waals surface area contributed by atoms with Gasteiger partial charge < -0.3 is 10.0 Å². The molecule has 3 heteroatoms. The molecule has 0 saturated heterocycles. The van der Waals surface area contributed by atoms with E-state index < -0.39 is 6.10 Å². The molecule has 0 aliphatic carbocycles. The lowest BCUT2D eigenvalue weighted by atomic mass is 10.1. The maximum absolute atomic E-state index is 9.60. The predicted octanol–water partition coefficient (Wildman–Crippen LogP) is 1.59. The fourth-order valence-electron chi connectivity index (χ4n) is 1.45. The second-order valence-electron chi connectivity index (χ2n) is 3.31. The van der Waals surface area contributed by atoms with Gasteiger partial charge in [-0.05, 0) is 19.9 Å². The minimum Gasteiger partial charge on any atom is -0.389 e. The van der Waals surface area contributed by atoms with Gasteiger partial charge in [-0.3, -0.25) is 0 Å². The van der Waals surface area contributed by atoms with Crippen molar-refractivity contribution in [3.05, 3.63) is 23.9 Å². The predicted molar refractivity (Wildman–Crippen MR) is 61.6 cm³/mol. The van der Waals surface area contributed by atoms with Crippen molar-refractivity contribution in [2.75, 3.05) is 18.0 Å². The lowest BCUT2D eigenvalue weighted by Gasteiger charge is -2.22. The maximum Gasteiger partial charge on any atom is 0.135 e. The topological polar surface area (TPSA) is 36.4 Å². The lowest BCUT2D eigenvalue weighted by molar-refractivity contribution is 0.199. The van der Waals surface area contributed by atoms with E-state index in [9.17, 15) is 5.11 Å². The molecule has 1 N–H and O–H groups in total. The Hall–Kier alpha value is -1.53. The van der Waals surface area contributed by atoms with E-state index in [-0.39, 0.29) is 0 Å². The van der Waals surface area contributed by atoms with Crippen molar-refractivity contribution in [1.82, 2.24) is 4.98 Å². The van der Waals surface area contributed by atoms with Crippen LogP contribution in [-0.2, 0) is 0 Å². The van der Waals surface area contributed by atoms with Gasteiger partial charge in [0.15, 0.2) is 0 Å². The molecule has 1 aromatic heterocycles. The van der Waals surface area contributed by atoms with Gasteiger partial charge in [-0.15, -0.1) is 6.42 Å². The van der Waals surface area contributed by atoms with Gasteiger partial charge in [0.2, 0.25) is 0 Å². The molecule has 80 valence electrons. The zero-order valence-electron chi connectivity index (χ0n) is 9.14.